The first kappa shape index (κ1) is 32.0. The van der Waals surface area contributed by atoms with Crippen LogP contribution in [0.1, 0.15) is 0 Å². The molecule has 0 saturated carbocycles. The van der Waals surface area contributed by atoms with Crippen LogP contribution < -0.4 is 4.90 Å². The van der Waals surface area contributed by atoms with Gasteiger partial charge in [-0.2, -0.15) is 0 Å². The summed E-state index contributed by atoms with van der Waals surface area (Å²) in [6, 6.07) is 79.5. The smallest absolute Gasteiger partial charge is 0.0561 e. The van der Waals surface area contributed by atoms with E-state index in [1.807, 2.05) is 0 Å². The van der Waals surface area contributed by atoms with Crippen molar-refractivity contribution < 1.29 is 0 Å². The Balaban J connectivity index is 1.11. The largest absolute Gasteiger partial charge is 0.310 e. The van der Waals surface area contributed by atoms with Crippen LogP contribution >= 0.6 is 0 Å². The summed E-state index contributed by atoms with van der Waals surface area (Å²) in [4.78, 5) is 2.40. The second-order valence-corrected chi connectivity index (χ2v) is 14.5. The van der Waals surface area contributed by atoms with Crippen LogP contribution in [0.15, 0.2) is 218 Å². The van der Waals surface area contributed by atoms with E-state index in [1.54, 1.807) is 0 Å². The highest BCUT2D eigenvalue weighted by Crippen LogP contribution is 2.43. The lowest BCUT2D eigenvalue weighted by atomic mass is 9.91. The monoisotopic (exact) mass is 712 g/mol. The van der Waals surface area contributed by atoms with Gasteiger partial charge >= 0.3 is 0 Å². The molecular formula is C54H36N2. The Kier molecular flexibility index (Phi) is 7.53. The third kappa shape index (κ3) is 5.26. The summed E-state index contributed by atoms with van der Waals surface area (Å²) in [7, 11) is 0. The van der Waals surface area contributed by atoms with Crippen molar-refractivity contribution in [2.45, 2.75) is 0 Å². The Morgan fingerprint density at radius 1 is 0.286 bits per heavy atom. The number of hydrogen-bond acceptors (Lipinski definition) is 1. The molecule has 2 nitrogen and oxygen atoms in total. The predicted molar refractivity (Wildman–Crippen MR) is 239 cm³/mol. The summed E-state index contributed by atoms with van der Waals surface area (Å²) in [5.41, 5.74) is 11.6. The summed E-state index contributed by atoms with van der Waals surface area (Å²) in [6.45, 7) is 0. The van der Waals surface area contributed by atoms with Crippen LogP contribution in [0.5, 0.6) is 0 Å². The van der Waals surface area contributed by atoms with E-state index in [-0.39, 0.29) is 0 Å². The molecule has 0 fully saturated rings. The Labute approximate surface area is 325 Å². The maximum absolute atomic E-state index is 2.40. The molecule has 11 rings (SSSR count). The zero-order valence-corrected chi connectivity index (χ0v) is 30.7. The van der Waals surface area contributed by atoms with Gasteiger partial charge in [-0.25, -0.2) is 0 Å². The van der Waals surface area contributed by atoms with Crippen molar-refractivity contribution in [1.29, 1.82) is 0 Å². The summed E-state index contributed by atoms with van der Waals surface area (Å²) < 4.78 is 2.39. The number of nitrogens with zero attached hydrogens (tertiary/aromatic N) is 2. The molecule has 0 spiro atoms. The van der Waals surface area contributed by atoms with Crippen LogP contribution in [0.4, 0.5) is 17.1 Å². The third-order valence-electron chi connectivity index (χ3n) is 11.3. The summed E-state index contributed by atoms with van der Waals surface area (Å²) in [5.74, 6) is 0. The first-order valence-corrected chi connectivity index (χ1v) is 19.3. The number of rotatable bonds is 6. The fraction of sp³-hybridized carbons (Fsp3) is 0. The van der Waals surface area contributed by atoms with Crippen LogP contribution in [0.3, 0.4) is 0 Å². The summed E-state index contributed by atoms with van der Waals surface area (Å²) >= 11 is 0. The van der Waals surface area contributed by atoms with Crippen LogP contribution in [0, 0.1) is 0 Å². The molecule has 0 amide bonds. The Morgan fingerprint density at radius 3 is 1.70 bits per heavy atom. The van der Waals surface area contributed by atoms with Crippen molar-refractivity contribution in [2.75, 3.05) is 4.90 Å². The van der Waals surface area contributed by atoms with Gasteiger partial charge in [-0.1, -0.05) is 158 Å². The van der Waals surface area contributed by atoms with Gasteiger partial charge in [-0.3, -0.25) is 0 Å². The lowest BCUT2D eigenvalue weighted by molar-refractivity contribution is 1.18. The highest BCUT2D eigenvalue weighted by Gasteiger charge is 2.19. The maximum atomic E-state index is 2.40. The zero-order valence-electron chi connectivity index (χ0n) is 30.7. The number of anilines is 3. The summed E-state index contributed by atoms with van der Waals surface area (Å²) in [6.07, 6.45) is 0. The van der Waals surface area contributed by atoms with Crippen molar-refractivity contribution in [3.05, 3.63) is 218 Å². The standard InChI is InChI=1S/C54H36N2/c1-3-14-37(15-4-1)40-17-13-20-43(34-40)55(44-31-33-50-49-24-11-12-25-53(49)56(54(50)35-44)41-18-5-2-6-19-41)42-29-26-39(27-30-42)51-36-52-45-21-8-7-16-38(45)28-32-48(52)46-22-9-10-23-47(46)51/h1-36H. The van der Waals surface area contributed by atoms with Crippen molar-refractivity contribution in [1.82, 2.24) is 4.57 Å². The molecule has 0 radical (unpaired) electrons. The Bertz CT molecular complexity index is 3230. The van der Waals surface area contributed by atoms with E-state index in [2.05, 4.69) is 228 Å². The molecule has 0 saturated heterocycles. The van der Waals surface area contributed by atoms with Crippen LogP contribution in [-0.2, 0) is 0 Å². The second-order valence-electron chi connectivity index (χ2n) is 14.5. The number of para-hydroxylation sites is 2. The Morgan fingerprint density at radius 2 is 0.875 bits per heavy atom. The van der Waals surface area contributed by atoms with E-state index in [4.69, 9.17) is 0 Å². The number of aromatic nitrogens is 1. The molecule has 0 N–H and O–H groups in total. The predicted octanol–water partition coefficient (Wildman–Crippen LogP) is 15.0. The molecule has 10 aromatic carbocycles. The molecule has 2 heteroatoms. The number of benzene rings is 10. The van der Waals surface area contributed by atoms with Gasteiger partial charge in [0.1, 0.15) is 0 Å². The molecule has 0 aliphatic carbocycles. The topological polar surface area (TPSA) is 8.17 Å². The first-order chi connectivity index (χ1) is 27.8. The molecule has 1 aromatic heterocycles. The van der Waals surface area contributed by atoms with E-state index in [0.29, 0.717) is 0 Å². The van der Waals surface area contributed by atoms with Crippen molar-refractivity contribution in [2.24, 2.45) is 0 Å². The fourth-order valence-corrected chi connectivity index (χ4v) is 8.75. The van der Waals surface area contributed by atoms with Gasteiger partial charge in [0, 0.05) is 33.5 Å². The molecular weight excluding hydrogens is 677 g/mol. The number of hydrogen-bond donors (Lipinski definition) is 0. The quantitative estimate of drug-likeness (QED) is 0.156. The Hall–Kier alpha value is -7.42. The minimum atomic E-state index is 1.09. The molecule has 0 aliphatic heterocycles. The van der Waals surface area contributed by atoms with Crippen molar-refractivity contribution in [3.63, 3.8) is 0 Å². The minimum Gasteiger partial charge on any atom is -0.310 e. The second kappa shape index (κ2) is 13.2. The van der Waals surface area contributed by atoms with Gasteiger partial charge in [-0.15, -0.1) is 0 Å². The normalized spacial score (nSPS) is 11.6. The van der Waals surface area contributed by atoms with E-state index in [1.165, 1.54) is 76.4 Å². The van der Waals surface area contributed by atoms with E-state index in [0.717, 1.165) is 22.7 Å². The zero-order chi connectivity index (χ0) is 37.0. The van der Waals surface area contributed by atoms with Gasteiger partial charge in [0.2, 0.25) is 0 Å². The average Bonchev–Trinajstić information content (AvgIpc) is 3.61. The molecule has 0 aliphatic rings. The lowest BCUT2D eigenvalue weighted by Crippen LogP contribution is -2.10. The molecule has 11 aromatic rings. The van der Waals surface area contributed by atoms with E-state index >= 15 is 0 Å². The SMILES string of the molecule is c1ccc(-c2cccc(N(c3ccc(-c4cc5c6ccccc6ccc5c5ccccc45)cc3)c3ccc4c5ccccc5n(-c5ccccc5)c4c3)c2)cc1. The van der Waals surface area contributed by atoms with Crippen molar-refractivity contribution in [3.8, 4) is 27.9 Å². The maximum Gasteiger partial charge on any atom is 0.0561 e. The first-order valence-electron chi connectivity index (χ1n) is 19.3. The highest BCUT2D eigenvalue weighted by molar-refractivity contribution is 6.21. The average molecular weight is 713 g/mol. The van der Waals surface area contributed by atoms with Crippen LogP contribution in [-0.4, -0.2) is 4.57 Å². The molecule has 0 unspecified atom stereocenters. The van der Waals surface area contributed by atoms with Gasteiger partial charge < -0.3 is 9.47 Å². The molecule has 56 heavy (non-hydrogen) atoms. The molecule has 0 bridgehead atoms. The van der Waals surface area contributed by atoms with Crippen molar-refractivity contribution >= 4 is 71.2 Å². The van der Waals surface area contributed by atoms with E-state index in [9.17, 15) is 0 Å². The number of fused-ring (bicyclic) bond motifs is 8. The van der Waals surface area contributed by atoms with Gasteiger partial charge in [-0.05, 0) is 115 Å². The fourth-order valence-electron chi connectivity index (χ4n) is 8.75. The van der Waals surface area contributed by atoms with E-state index < -0.39 is 0 Å². The highest BCUT2D eigenvalue weighted by atomic mass is 15.1. The molecule has 1 heterocycles. The van der Waals surface area contributed by atoms with Gasteiger partial charge in [0.15, 0.2) is 0 Å². The summed E-state index contributed by atoms with van der Waals surface area (Å²) in [5, 5.41) is 10.1. The molecule has 262 valence electrons. The third-order valence-corrected chi connectivity index (χ3v) is 11.3. The van der Waals surface area contributed by atoms with Crippen LogP contribution in [0.25, 0.3) is 82.1 Å². The van der Waals surface area contributed by atoms with Gasteiger partial charge in [0.05, 0.1) is 11.0 Å². The minimum absolute atomic E-state index is 1.09. The molecule has 0 atom stereocenters. The lowest BCUT2D eigenvalue weighted by Gasteiger charge is -2.26. The van der Waals surface area contributed by atoms with Gasteiger partial charge in [0.25, 0.3) is 0 Å². The van der Waals surface area contributed by atoms with Crippen LogP contribution in [0.2, 0.25) is 0 Å².